The highest BCUT2D eigenvalue weighted by molar-refractivity contribution is 5.35. The summed E-state index contributed by atoms with van der Waals surface area (Å²) < 4.78 is 5.74. The third-order valence-corrected chi connectivity index (χ3v) is 3.53. The van der Waals surface area contributed by atoms with Gasteiger partial charge in [-0.1, -0.05) is 37.3 Å². The molecule has 1 heterocycles. The molecule has 2 aromatic rings. The quantitative estimate of drug-likeness (QED) is 0.816. The van der Waals surface area contributed by atoms with Crippen LogP contribution in [-0.4, -0.2) is 12.1 Å². The molecule has 0 aliphatic carbocycles. The van der Waals surface area contributed by atoms with Gasteiger partial charge in [-0.3, -0.25) is 4.98 Å². The first-order valence-corrected chi connectivity index (χ1v) is 6.25. The second-order valence-corrected chi connectivity index (χ2v) is 4.53. The average molecular weight is 241 g/mol. The molecule has 0 amide bonds. The lowest BCUT2D eigenvalue weighted by atomic mass is 9.88. The summed E-state index contributed by atoms with van der Waals surface area (Å²) in [4.78, 5) is 4.18. The molecule has 2 rings (SSSR count). The Balaban J connectivity index is 2.43. The molecule has 18 heavy (non-hydrogen) atoms. The van der Waals surface area contributed by atoms with E-state index >= 15 is 0 Å². The molecule has 0 saturated carbocycles. The lowest BCUT2D eigenvalue weighted by molar-refractivity contribution is 0.0388. The predicted octanol–water partition coefficient (Wildman–Crippen LogP) is 3.55. The number of hydrogen-bond donors (Lipinski definition) is 0. The van der Waals surface area contributed by atoms with Crippen LogP contribution in [-0.2, 0) is 16.8 Å². The first kappa shape index (κ1) is 12.8. The van der Waals surface area contributed by atoms with Crippen molar-refractivity contribution in [3.63, 3.8) is 0 Å². The Bertz CT molecular complexity index is 492. The molecule has 0 aliphatic rings. The molecule has 2 nitrogen and oxygen atoms in total. The van der Waals surface area contributed by atoms with Crippen LogP contribution in [0.25, 0.3) is 0 Å². The fourth-order valence-corrected chi connectivity index (χ4v) is 2.11. The Morgan fingerprint density at radius 2 is 1.83 bits per heavy atom. The van der Waals surface area contributed by atoms with Crippen LogP contribution < -0.4 is 0 Å². The van der Waals surface area contributed by atoms with Crippen LogP contribution in [0.2, 0.25) is 0 Å². The van der Waals surface area contributed by atoms with E-state index in [1.165, 1.54) is 5.56 Å². The van der Waals surface area contributed by atoms with E-state index in [1.54, 1.807) is 13.3 Å². The normalized spacial score (nSPS) is 14.2. The topological polar surface area (TPSA) is 22.1 Å². The van der Waals surface area contributed by atoms with E-state index in [9.17, 15) is 0 Å². The molecule has 0 radical (unpaired) electrons. The molecular formula is C16H19NO. The summed E-state index contributed by atoms with van der Waals surface area (Å²) in [5.74, 6) is 0. The van der Waals surface area contributed by atoms with Crippen LogP contribution in [0.5, 0.6) is 0 Å². The van der Waals surface area contributed by atoms with Gasteiger partial charge in [0, 0.05) is 25.1 Å². The van der Waals surface area contributed by atoms with Crippen molar-refractivity contribution in [3.05, 3.63) is 65.5 Å². The van der Waals surface area contributed by atoms with E-state index in [2.05, 4.69) is 43.1 Å². The molecular weight excluding hydrogens is 222 g/mol. The number of aryl methyl sites for hydroxylation is 1. The second-order valence-electron chi connectivity index (χ2n) is 4.53. The van der Waals surface area contributed by atoms with Gasteiger partial charge in [0.2, 0.25) is 0 Å². The number of hydrogen-bond acceptors (Lipinski definition) is 2. The zero-order valence-corrected chi connectivity index (χ0v) is 11.2. The van der Waals surface area contributed by atoms with E-state index in [0.717, 1.165) is 17.5 Å². The van der Waals surface area contributed by atoms with Crippen LogP contribution in [0.4, 0.5) is 0 Å². The monoisotopic (exact) mass is 241 g/mol. The molecule has 0 saturated heterocycles. The fourth-order valence-electron chi connectivity index (χ4n) is 2.11. The number of pyridine rings is 1. The summed E-state index contributed by atoms with van der Waals surface area (Å²) in [6.45, 7) is 4.23. The van der Waals surface area contributed by atoms with E-state index in [4.69, 9.17) is 4.74 Å². The Morgan fingerprint density at radius 1 is 1.11 bits per heavy atom. The van der Waals surface area contributed by atoms with Crippen molar-refractivity contribution in [3.8, 4) is 0 Å². The number of benzene rings is 1. The van der Waals surface area contributed by atoms with Crippen molar-refractivity contribution in [2.75, 3.05) is 7.11 Å². The molecule has 94 valence electrons. The number of rotatable bonds is 4. The van der Waals surface area contributed by atoms with Crippen molar-refractivity contribution in [2.45, 2.75) is 25.9 Å². The van der Waals surface area contributed by atoms with E-state index in [1.807, 2.05) is 18.3 Å². The van der Waals surface area contributed by atoms with Gasteiger partial charge in [0.1, 0.15) is 5.60 Å². The Kier molecular flexibility index (Phi) is 3.78. The molecule has 1 unspecified atom stereocenters. The summed E-state index contributed by atoms with van der Waals surface area (Å²) in [6, 6.07) is 12.6. The van der Waals surface area contributed by atoms with Gasteiger partial charge in [-0.05, 0) is 30.5 Å². The minimum absolute atomic E-state index is 0.444. The number of methoxy groups -OCH3 is 1. The Hall–Kier alpha value is -1.67. The lowest BCUT2D eigenvalue weighted by Crippen LogP contribution is -2.26. The van der Waals surface area contributed by atoms with Gasteiger partial charge in [0.15, 0.2) is 0 Å². The lowest BCUT2D eigenvalue weighted by Gasteiger charge is -2.29. The zero-order valence-electron chi connectivity index (χ0n) is 11.2. The maximum Gasteiger partial charge on any atom is 0.116 e. The predicted molar refractivity (Wildman–Crippen MR) is 73.5 cm³/mol. The summed E-state index contributed by atoms with van der Waals surface area (Å²) in [7, 11) is 1.74. The van der Waals surface area contributed by atoms with Gasteiger partial charge in [0.05, 0.1) is 0 Å². The minimum atomic E-state index is -0.444. The van der Waals surface area contributed by atoms with Crippen molar-refractivity contribution in [1.82, 2.24) is 4.98 Å². The highest BCUT2D eigenvalue weighted by atomic mass is 16.5. The van der Waals surface area contributed by atoms with Crippen LogP contribution in [0.15, 0.2) is 48.8 Å². The van der Waals surface area contributed by atoms with Crippen LogP contribution in [0, 0.1) is 0 Å². The minimum Gasteiger partial charge on any atom is -0.369 e. The largest absolute Gasteiger partial charge is 0.369 e. The van der Waals surface area contributed by atoms with Gasteiger partial charge in [0.25, 0.3) is 0 Å². The molecule has 1 aromatic carbocycles. The van der Waals surface area contributed by atoms with Crippen LogP contribution in [0.3, 0.4) is 0 Å². The molecule has 0 spiro atoms. The molecule has 0 bridgehead atoms. The van der Waals surface area contributed by atoms with Crippen molar-refractivity contribution < 1.29 is 4.74 Å². The molecule has 1 atom stereocenters. The standard InChI is InChI=1S/C16H19NO/c1-4-13-7-9-14(10-8-13)16(2,18-3)15-6-5-11-17-12-15/h5-12H,4H2,1-3H3. The highest BCUT2D eigenvalue weighted by Gasteiger charge is 2.28. The molecule has 2 heteroatoms. The van der Waals surface area contributed by atoms with Crippen molar-refractivity contribution >= 4 is 0 Å². The number of ether oxygens (including phenoxy) is 1. The summed E-state index contributed by atoms with van der Waals surface area (Å²) in [5, 5.41) is 0. The first-order chi connectivity index (χ1) is 8.70. The third-order valence-electron chi connectivity index (χ3n) is 3.53. The van der Waals surface area contributed by atoms with Crippen molar-refractivity contribution in [2.24, 2.45) is 0 Å². The molecule has 1 aromatic heterocycles. The second kappa shape index (κ2) is 5.32. The summed E-state index contributed by atoms with van der Waals surface area (Å²) in [5.41, 5.74) is 3.11. The molecule has 0 N–H and O–H groups in total. The van der Waals surface area contributed by atoms with E-state index < -0.39 is 5.60 Å². The average Bonchev–Trinajstić information content (AvgIpc) is 2.47. The highest BCUT2D eigenvalue weighted by Crippen LogP contribution is 2.32. The van der Waals surface area contributed by atoms with Gasteiger partial charge < -0.3 is 4.74 Å². The van der Waals surface area contributed by atoms with E-state index in [-0.39, 0.29) is 0 Å². The van der Waals surface area contributed by atoms with Crippen LogP contribution in [0.1, 0.15) is 30.5 Å². The number of aromatic nitrogens is 1. The Labute approximate surface area is 109 Å². The summed E-state index contributed by atoms with van der Waals surface area (Å²) >= 11 is 0. The number of nitrogens with zero attached hydrogens (tertiary/aromatic N) is 1. The zero-order chi connectivity index (χ0) is 13.0. The SMILES string of the molecule is CCc1ccc(C(C)(OC)c2cccnc2)cc1. The van der Waals surface area contributed by atoms with Gasteiger partial charge in [-0.25, -0.2) is 0 Å². The maximum atomic E-state index is 5.74. The van der Waals surface area contributed by atoms with Gasteiger partial charge in [-0.15, -0.1) is 0 Å². The third kappa shape index (κ3) is 2.29. The summed E-state index contributed by atoms with van der Waals surface area (Å²) in [6.07, 6.45) is 4.69. The molecule has 0 fully saturated rings. The maximum absolute atomic E-state index is 5.74. The molecule has 0 aliphatic heterocycles. The van der Waals surface area contributed by atoms with Crippen molar-refractivity contribution in [1.29, 1.82) is 0 Å². The fraction of sp³-hybridized carbons (Fsp3) is 0.312. The van der Waals surface area contributed by atoms with Gasteiger partial charge >= 0.3 is 0 Å². The Morgan fingerprint density at radius 3 is 2.33 bits per heavy atom. The van der Waals surface area contributed by atoms with Crippen LogP contribution >= 0.6 is 0 Å². The van der Waals surface area contributed by atoms with E-state index in [0.29, 0.717) is 0 Å². The smallest absolute Gasteiger partial charge is 0.116 e. The first-order valence-electron chi connectivity index (χ1n) is 6.25. The van der Waals surface area contributed by atoms with Gasteiger partial charge in [-0.2, -0.15) is 0 Å².